The molecule has 0 aromatic heterocycles. The van der Waals surface area contributed by atoms with Gasteiger partial charge in [0.15, 0.2) is 0 Å². The van der Waals surface area contributed by atoms with Crippen molar-refractivity contribution in [1.82, 2.24) is 20.4 Å². The van der Waals surface area contributed by atoms with Crippen molar-refractivity contribution in [2.24, 2.45) is 5.73 Å². The second-order valence-electron chi connectivity index (χ2n) is 10.7. The monoisotopic (exact) mass is 585 g/mol. The van der Waals surface area contributed by atoms with E-state index in [2.05, 4.69) is 10.6 Å². The zero-order valence-electron chi connectivity index (χ0n) is 24.2. The molecule has 4 amide bonds. The van der Waals surface area contributed by atoms with Crippen LogP contribution in [0.15, 0.2) is 84.9 Å². The highest BCUT2D eigenvalue weighted by molar-refractivity contribution is 5.95. The van der Waals surface area contributed by atoms with Crippen LogP contribution in [0.5, 0.6) is 5.75 Å². The number of hydrogen-bond donors (Lipinski definition) is 4. The lowest BCUT2D eigenvalue weighted by molar-refractivity contribution is -0.145. The number of rotatable bonds is 10. The number of benzene rings is 3. The zero-order chi connectivity index (χ0) is 30.6. The maximum absolute atomic E-state index is 14.2. The largest absolute Gasteiger partial charge is 0.508 e. The topological polar surface area (TPSA) is 145 Å². The number of carbonyl (C=O) groups excluding carboxylic acids is 4. The van der Waals surface area contributed by atoms with Crippen molar-refractivity contribution >= 4 is 23.6 Å². The SMILES string of the molecule is NCCCCN1CC(=O)N[C@@H](Cc2ccc(O)cc2)C(=O)N[C@@H](Cc2ccccc2)C(=O)N(Cc2ccccc2)CC1=O. The first-order valence-corrected chi connectivity index (χ1v) is 14.5. The average molecular weight is 586 g/mol. The van der Waals surface area contributed by atoms with Crippen molar-refractivity contribution < 1.29 is 24.3 Å². The molecule has 3 aromatic rings. The molecule has 10 nitrogen and oxygen atoms in total. The van der Waals surface area contributed by atoms with E-state index < -0.39 is 29.8 Å². The van der Waals surface area contributed by atoms with Crippen LogP contribution in [0.4, 0.5) is 0 Å². The first-order valence-electron chi connectivity index (χ1n) is 14.5. The van der Waals surface area contributed by atoms with Gasteiger partial charge in [0.2, 0.25) is 23.6 Å². The van der Waals surface area contributed by atoms with Gasteiger partial charge in [0, 0.05) is 25.9 Å². The van der Waals surface area contributed by atoms with E-state index in [1.807, 2.05) is 60.7 Å². The summed E-state index contributed by atoms with van der Waals surface area (Å²) in [7, 11) is 0. The first kappa shape index (κ1) is 31.2. The summed E-state index contributed by atoms with van der Waals surface area (Å²) in [5.41, 5.74) is 8.04. The van der Waals surface area contributed by atoms with Gasteiger partial charge in [-0.2, -0.15) is 0 Å². The number of hydrogen-bond acceptors (Lipinski definition) is 6. The number of phenols is 1. The lowest BCUT2D eigenvalue weighted by atomic mass is 10.0. The summed E-state index contributed by atoms with van der Waals surface area (Å²) in [6.45, 7) is 0.389. The van der Waals surface area contributed by atoms with E-state index in [0.717, 1.165) is 11.1 Å². The summed E-state index contributed by atoms with van der Waals surface area (Å²) < 4.78 is 0. The first-order chi connectivity index (χ1) is 20.8. The number of amides is 4. The Kier molecular flexibility index (Phi) is 11.3. The van der Waals surface area contributed by atoms with Crippen LogP contribution in [0.3, 0.4) is 0 Å². The lowest BCUT2D eigenvalue weighted by Crippen LogP contribution is -2.59. The highest BCUT2D eigenvalue weighted by Gasteiger charge is 2.33. The van der Waals surface area contributed by atoms with E-state index in [0.29, 0.717) is 31.5 Å². The van der Waals surface area contributed by atoms with Crippen LogP contribution in [0.25, 0.3) is 0 Å². The number of aromatic hydroxyl groups is 1. The molecule has 1 saturated heterocycles. The molecule has 0 spiro atoms. The minimum atomic E-state index is -1.02. The van der Waals surface area contributed by atoms with Gasteiger partial charge in [0.1, 0.15) is 24.4 Å². The Morgan fingerprint density at radius 2 is 1.30 bits per heavy atom. The van der Waals surface area contributed by atoms with Crippen molar-refractivity contribution in [3.05, 3.63) is 102 Å². The Morgan fingerprint density at radius 1 is 0.698 bits per heavy atom. The van der Waals surface area contributed by atoms with Crippen LogP contribution in [-0.4, -0.2) is 76.8 Å². The van der Waals surface area contributed by atoms with Crippen molar-refractivity contribution in [2.75, 3.05) is 26.2 Å². The summed E-state index contributed by atoms with van der Waals surface area (Å²) in [5.74, 6) is -1.68. The molecule has 226 valence electrons. The molecule has 10 heteroatoms. The molecule has 43 heavy (non-hydrogen) atoms. The van der Waals surface area contributed by atoms with Crippen LogP contribution in [-0.2, 0) is 38.6 Å². The second-order valence-corrected chi connectivity index (χ2v) is 10.7. The van der Waals surface area contributed by atoms with Gasteiger partial charge >= 0.3 is 0 Å². The number of nitrogens with one attached hydrogen (secondary N) is 2. The normalized spacial score (nSPS) is 18.4. The third-order valence-corrected chi connectivity index (χ3v) is 7.35. The van der Waals surface area contributed by atoms with Crippen LogP contribution in [0.2, 0.25) is 0 Å². The van der Waals surface area contributed by atoms with Crippen LogP contribution >= 0.6 is 0 Å². The van der Waals surface area contributed by atoms with E-state index in [1.165, 1.54) is 21.9 Å². The van der Waals surface area contributed by atoms with E-state index >= 15 is 0 Å². The summed E-state index contributed by atoms with van der Waals surface area (Å²) >= 11 is 0. The molecule has 1 aliphatic rings. The van der Waals surface area contributed by atoms with Crippen LogP contribution < -0.4 is 16.4 Å². The molecule has 1 aliphatic heterocycles. The fourth-order valence-electron chi connectivity index (χ4n) is 5.05. The molecule has 0 unspecified atom stereocenters. The standard InChI is InChI=1S/C33H39N5O5/c34-17-7-8-18-37-22-30(40)35-28(19-25-13-15-27(39)16-14-25)32(42)36-29(20-24-9-3-1-4-10-24)33(43)38(23-31(37)41)21-26-11-5-2-6-12-26/h1-6,9-16,28-29,39H,7-8,17-23,34H2,(H,35,40)(H,36,42)/t28-,29-/m0/s1. The van der Waals surface area contributed by atoms with Gasteiger partial charge in [-0.3, -0.25) is 19.2 Å². The molecular formula is C33H39N5O5. The fourth-order valence-corrected chi connectivity index (χ4v) is 5.05. The molecule has 0 radical (unpaired) electrons. The summed E-state index contributed by atoms with van der Waals surface area (Å²) in [5, 5.41) is 15.4. The third kappa shape index (κ3) is 9.40. The van der Waals surface area contributed by atoms with Gasteiger partial charge in [-0.05, 0) is 48.2 Å². The van der Waals surface area contributed by atoms with E-state index in [9.17, 15) is 24.3 Å². The second kappa shape index (κ2) is 15.5. The minimum Gasteiger partial charge on any atom is -0.508 e. The van der Waals surface area contributed by atoms with Gasteiger partial charge in [0.05, 0.1) is 6.54 Å². The van der Waals surface area contributed by atoms with Gasteiger partial charge in [0.25, 0.3) is 0 Å². The van der Waals surface area contributed by atoms with Gasteiger partial charge in [-0.15, -0.1) is 0 Å². The van der Waals surface area contributed by atoms with E-state index in [-0.39, 0.29) is 44.1 Å². The molecule has 5 N–H and O–H groups in total. The number of unbranched alkanes of at least 4 members (excludes halogenated alkanes) is 1. The Labute approximate surface area is 251 Å². The highest BCUT2D eigenvalue weighted by atomic mass is 16.3. The predicted octanol–water partition coefficient (Wildman–Crippen LogP) is 1.76. The van der Waals surface area contributed by atoms with E-state index in [4.69, 9.17) is 5.73 Å². The summed E-state index contributed by atoms with van der Waals surface area (Å²) in [4.78, 5) is 57.8. The number of carbonyl (C=O) groups is 4. The number of nitrogens with zero attached hydrogens (tertiary/aromatic N) is 2. The number of nitrogens with two attached hydrogens (primary N) is 1. The third-order valence-electron chi connectivity index (χ3n) is 7.35. The van der Waals surface area contributed by atoms with Gasteiger partial charge in [-0.1, -0.05) is 72.8 Å². The molecule has 0 aliphatic carbocycles. The predicted molar refractivity (Wildman–Crippen MR) is 163 cm³/mol. The maximum Gasteiger partial charge on any atom is 0.246 e. The van der Waals surface area contributed by atoms with Crippen molar-refractivity contribution in [3.8, 4) is 5.75 Å². The Bertz CT molecular complexity index is 1370. The van der Waals surface area contributed by atoms with Crippen molar-refractivity contribution in [2.45, 2.75) is 44.3 Å². The van der Waals surface area contributed by atoms with Gasteiger partial charge in [-0.25, -0.2) is 0 Å². The van der Waals surface area contributed by atoms with Gasteiger partial charge < -0.3 is 31.3 Å². The Morgan fingerprint density at radius 3 is 1.95 bits per heavy atom. The van der Waals surface area contributed by atoms with E-state index in [1.54, 1.807) is 12.1 Å². The lowest BCUT2D eigenvalue weighted by Gasteiger charge is -2.32. The molecule has 3 aromatic carbocycles. The van der Waals surface area contributed by atoms with Crippen molar-refractivity contribution in [1.29, 1.82) is 0 Å². The van der Waals surface area contributed by atoms with Crippen LogP contribution in [0, 0.1) is 0 Å². The Balaban J connectivity index is 1.70. The Hall–Kier alpha value is -4.70. The zero-order valence-corrected chi connectivity index (χ0v) is 24.2. The molecule has 1 fully saturated rings. The molecule has 0 saturated carbocycles. The van der Waals surface area contributed by atoms with Crippen molar-refractivity contribution in [3.63, 3.8) is 0 Å². The maximum atomic E-state index is 14.2. The average Bonchev–Trinajstić information content (AvgIpc) is 3.01. The summed E-state index contributed by atoms with van der Waals surface area (Å²) in [6.07, 6.45) is 1.59. The highest BCUT2D eigenvalue weighted by Crippen LogP contribution is 2.15. The molecular weight excluding hydrogens is 546 g/mol. The molecule has 2 atom stereocenters. The molecule has 1 heterocycles. The fraction of sp³-hybridized carbons (Fsp3) is 0.333. The van der Waals surface area contributed by atoms with Crippen LogP contribution in [0.1, 0.15) is 29.5 Å². The molecule has 4 rings (SSSR count). The number of phenolic OH excluding ortho intramolecular Hbond substituents is 1. The summed E-state index contributed by atoms with van der Waals surface area (Å²) in [6, 6.07) is 23.0. The quantitative estimate of drug-likeness (QED) is 0.267. The smallest absolute Gasteiger partial charge is 0.246 e. The molecule has 0 bridgehead atoms. The minimum absolute atomic E-state index is 0.0783.